The molecule has 2 heterocycles. The molecule has 1 aromatic carbocycles. The molecular weight excluding hydrogens is 434 g/mol. The molecule has 0 amide bonds. The number of aromatic amines is 1. The summed E-state index contributed by atoms with van der Waals surface area (Å²) in [4.78, 5) is 9.30. The molecule has 0 bridgehead atoms. The molecule has 33 heavy (non-hydrogen) atoms. The van der Waals surface area contributed by atoms with Crippen molar-refractivity contribution in [1.29, 1.82) is 0 Å². The predicted molar refractivity (Wildman–Crippen MR) is 123 cm³/mol. The van der Waals surface area contributed by atoms with Gasteiger partial charge in [-0.05, 0) is 68.0 Å². The smallest absolute Gasteiger partial charge is 0.380 e. The Bertz CT molecular complexity index is 1140. The van der Waals surface area contributed by atoms with Gasteiger partial charge in [-0.15, -0.1) is 0 Å². The summed E-state index contributed by atoms with van der Waals surface area (Å²) in [5.74, 6) is 0.182. The third-order valence-corrected chi connectivity index (χ3v) is 6.36. The van der Waals surface area contributed by atoms with Crippen molar-refractivity contribution < 1.29 is 22.7 Å². The minimum absolute atomic E-state index is 0.206. The zero-order valence-electron chi connectivity index (χ0n) is 19.8. The van der Waals surface area contributed by atoms with Gasteiger partial charge in [0.25, 0.3) is 0 Å². The van der Waals surface area contributed by atoms with E-state index < -0.39 is 35.9 Å². The van der Waals surface area contributed by atoms with Gasteiger partial charge >= 0.3 is 6.18 Å². The minimum Gasteiger partial charge on any atom is -0.380 e. The first-order valence-electron chi connectivity index (χ1n) is 10.9. The number of alkyl halides is 3. The maximum absolute atomic E-state index is 14.2. The van der Waals surface area contributed by atoms with E-state index in [0.717, 1.165) is 0 Å². The largest absolute Gasteiger partial charge is 0.417 e. The number of hydrogen-bond donors (Lipinski definition) is 2. The van der Waals surface area contributed by atoms with Crippen molar-refractivity contribution in [3.05, 3.63) is 59.2 Å². The lowest BCUT2D eigenvalue weighted by molar-refractivity contribution is -0.266. The van der Waals surface area contributed by atoms with E-state index in [1.165, 1.54) is 18.2 Å². The molecule has 0 spiro atoms. The van der Waals surface area contributed by atoms with E-state index in [9.17, 15) is 22.7 Å². The molecule has 3 aromatic rings. The highest BCUT2D eigenvalue weighted by Crippen LogP contribution is 2.44. The van der Waals surface area contributed by atoms with Gasteiger partial charge in [-0.1, -0.05) is 19.9 Å². The number of fused-ring (bicyclic) bond motifs is 1. The second kappa shape index (κ2) is 8.63. The molecule has 2 N–H and O–H groups in total. The topological polar surface area (TPSA) is 52.1 Å². The zero-order valence-corrected chi connectivity index (χ0v) is 19.8. The van der Waals surface area contributed by atoms with E-state index in [1.54, 1.807) is 33.0 Å². The standard InChI is InChI=1S/C25H31F4N3O/c1-15(2)32(6)22-10-17-9-19(31-21(17)13-30-22)12-24(33,25(27,28)29)14-23(4,5)20-11-18(26)8-7-16(20)3/h7-11,13,15,31,33H,12,14H2,1-6H3. The Kier molecular flexibility index (Phi) is 6.54. The van der Waals surface area contributed by atoms with Crippen LogP contribution in [0.1, 0.15) is 50.9 Å². The highest BCUT2D eigenvalue weighted by molar-refractivity contribution is 5.82. The third kappa shape index (κ3) is 5.16. The first kappa shape index (κ1) is 25.0. The summed E-state index contributed by atoms with van der Waals surface area (Å²) in [5.41, 5.74) is -2.19. The van der Waals surface area contributed by atoms with Gasteiger partial charge in [0, 0.05) is 30.6 Å². The summed E-state index contributed by atoms with van der Waals surface area (Å²) in [6.45, 7) is 8.93. The number of anilines is 1. The molecule has 0 fully saturated rings. The van der Waals surface area contributed by atoms with Crippen LogP contribution in [0.5, 0.6) is 0 Å². The van der Waals surface area contributed by atoms with E-state index in [-0.39, 0.29) is 11.7 Å². The Balaban J connectivity index is 1.96. The Morgan fingerprint density at radius 2 is 1.79 bits per heavy atom. The molecule has 180 valence electrons. The van der Waals surface area contributed by atoms with Crippen molar-refractivity contribution in [2.24, 2.45) is 0 Å². The molecule has 2 aromatic heterocycles. The summed E-state index contributed by atoms with van der Waals surface area (Å²) < 4.78 is 56.4. The van der Waals surface area contributed by atoms with Crippen LogP contribution in [0.2, 0.25) is 0 Å². The van der Waals surface area contributed by atoms with Crippen LogP contribution in [0.25, 0.3) is 10.9 Å². The van der Waals surface area contributed by atoms with Gasteiger partial charge in [0.15, 0.2) is 5.60 Å². The molecular formula is C25H31F4N3O. The van der Waals surface area contributed by atoms with E-state index >= 15 is 0 Å². The number of nitrogens with one attached hydrogen (secondary N) is 1. The van der Waals surface area contributed by atoms with Crippen molar-refractivity contribution in [2.75, 3.05) is 11.9 Å². The first-order valence-corrected chi connectivity index (χ1v) is 10.9. The number of H-pyrrole nitrogens is 1. The number of aryl methyl sites for hydroxylation is 1. The first-order chi connectivity index (χ1) is 15.1. The van der Waals surface area contributed by atoms with E-state index in [0.29, 0.717) is 27.8 Å². The van der Waals surface area contributed by atoms with Gasteiger partial charge in [-0.3, -0.25) is 0 Å². The van der Waals surface area contributed by atoms with Crippen LogP contribution in [0, 0.1) is 12.7 Å². The van der Waals surface area contributed by atoms with Crippen molar-refractivity contribution in [3.8, 4) is 0 Å². The fourth-order valence-electron chi connectivity index (χ4n) is 4.36. The molecule has 1 unspecified atom stereocenters. The van der Waals surface area contributed by atoms with E-state index in [4.69, 9.17) is 0 Å². The number of hydrogen-bond acceptors (Lipinski definition) is 3. The van der Waals surface area contributed by atoms with Crippen molar-refractivity contribution in [1.82, 2.24) is 9.97 Å². The SMILES string of the molecule is Cc1ccc(F)cc1C(C)(C)CC(O)(Cc1cc2cc(N(C)C(C)C)ncc2[nH]1)C(F)(F)F. The Hall–Kier alpha value is -2.61. The minimum atomic E-state index is -4.88. The number of halogens is 4. The number of nitrogens with zero attached hydrogens (tertiary/aromatic N) is 2. The third-order valence-electron chi connectivity index (χ3n) is 6.36. The summed E-state index contributed by atoms with van der Waals surface area (Å²) in [7, 11) is 1.89. The fraction of sp³-hybridized carbons (Fsp3) is 0.480. The van der Waals surface area contributed by atoms with Crippen LogP contribution in [0.15, 0.2) is 36.5 Å². The van der Waals surface area contributed by atoms with E-state index in [1.807, 2.05) is 31.9 Å². The average molecular weight is 466 g/mol. The number of aliphatic hydroxyl groups is 1. The molecule has 1 atom stereocenters. The Morgan fingerprint density at radius 3 is 2.39 bits per heavy atom. The molecule has 3 rings (SSSR count). The number of benzene rings is 1. The molecule has 4 nitrogen and oxygen atoms in total. The van der Waals surface area contributed by atoms with Gasteiger partial charge in [0.1, 0.15) is 11.6 Å². The van der Waals surface area contributed by atoms with Crippen molar-refractivity contribution in [3.63, 3.8) is 0 Å². The van der Waals surface area contributed by atoms with Crippen molar-refractivity contribution in [2.45, 2.75) is 70.7 Å². The normalized spacial score (nSPS) is 14.7. The van der Waals surface area contributed by atoms with Crippen LogP contribution in [0.3, 0.4) is 0 Å². The highest BCUT2D eigenvalue weighted by Gasteiger charge is 2.56. The summed E-state index contributed by atoms with van der Waals surface area (Å²) in [5, 5.41) is 11.7. The highest BCUT2D eigenvalue weighted by atomic mass is 19.4. The number of pyridine rings is 1. The van der Waals surface area contributed by atoms with Gasteiger partial charge in [-0.25, -0.2) is 9.37 Å². The van der Waals surface area contributed by atoms with Gasteiger partial charge < -0.3 is 15.0 Å². The summed E-state index contributed by atoms with van der Waals surface area (Å²) in [6, 6.07) is 7.68. The average Bonchev–Trinajstić information content (AvgIpc) is 3.08. The molecule has 0 aliphatic heterocycles. The summed E-state index contributed by atoms with van der Waals surface area (Å²) in [6.07, 6.45) is -4.58. The van der Waals surface area contributed by atoms with Crippen LogP contribution in [-0.4, -0.2) is 39.9 Å². The van der Waals surface area contributed by atoms with Crippen LogP contribution in [-0.2, 0) is 11.8 Å². The molecule has 8 heteroatoms. The Morgan fingerprint density at radius 1 is 1.12 bits per heavy atom. The molecule has 0 aliphatic rings. The predicted octanol–water partition coefficient (Wildman–Crippen LogP) is 6.06. The van der Waals surface area contributed by atoms with Crippen LogP contribution >= 0.6 is 0 Å². The lowest BCUT2D eigenvalue weighted by Crippen LogP contribution is -2.51. The monoisotopic (exact) mass is 465 g/mol. The lowest BCUT2D eigenvalue weighted by atomic mass is 9.72. The molecule has 0 radical (unpaired) electrons. The quantitative estimate of drug-likeness (QED) is 0.417. The second-order valence-electron chi connectivity index (χ2n) is 9.86. The molecule has 0 saturated heterocycles. The van der Waals surface area contributed by atoms with Crippen LogP contribution in [0.4, 0.5) is 23.4 Å². The fourth-order valence-corrected chi connectivity index (χ4v) is 4.36. The van der Waals surface area contributed by atoms with Crippen molar-refractivity contribution >= 4 is 16.7 Å². The lowest BCUT2D eigenvalue weighted by Gasteiger charge is -2.38. The zero-order chi connectivity index (χ0) is 24.8. The molecule has 0 saturated carbocycles. The number of rotatable bonds is 7. The second-order valence-corrected chi connectivity index (χ2v) is 9.86. The Labute approximate surface area is 191 Å². The summed E-state index contributed by atoms with van der Waals surface area (Å²) >= 11 is 0. The maximum atomic E-state index is 14.2. The van der Waals surface area contributed by atoms with E-state index in [2.05, 4.69) is 9.97 Å². The number of aromatic nitrogens is 2. The maximum Gasteiger partial charge on any atom is 0.417 e. The van der Waals surface area contributed by atoms with Crippen LogP contribution < -0.4 is 4.90 Å². The van der Waals surface area contributed by atoms with Gasteiger partial charge in [0.2, 0.25) is 0 Å². The van der Waals surface area contributed by atoms with Gasteiger partial charge in [0.05, 0.1) is 11.7 Å². The molecule has 0 aliphatic carbocycles. The van der Waals surface area contributed by atoms with Gasteiger partial charge in [-0.2, -0.15) is 13.2 Å².